The van der Waals surface area contributed by atoms with Crippen LogP contribution >= 0.6 is 0 Å². The summed E-state index contributed by atoms with van der Waals surface area (Å²) in [6.07, 6.45) is 6.16. The average Bonchev–Trinajstić information content (AvgIpc) is 2.92. The van der Waals surface area contributed by atoms with Crippen molar-refractivity contribution >= 4 is 17.3 Å². The molecule has 0 saturated heterocycles. The Balaban J connectivity index is 1.68. The van der Waals surface area contributed by atoms with Crippen LogP contribution in [0.15, 0.2) is 11.6 Å². The van der Waals surface area contributed by atoms with E-state index in [-0.39, 0.29) is 53.5 Å². The molecule has 0 aromatic heterocycles. The fourth-order valence-electron chi connectivity index (χ4n) is 7.16. The number of hydrogen-bond donors (Lipinski definition) is 1. The molecule has 1 N–H and O–H groups in total. The fourth-order valence-corrected chi connectivity index (χ4v) is 7.16. The second-order valence-electron chi connectivity index (χ2n) is 9.86. The molecule has 5 nitrogen and oxygen atoms in total. The molecule has 0 radical (unpaired) electrons. The monoisotopic (exact) mass is 388 g/mol. The highest BCUT2D eigenvalue weighted by molar-refractivity contribution is 5.94. The Bertz CT molecular complexity index is 754. The number of hydrogen-bond acceptors (Lipinski definition) is 5. The fraction of sp³-hybridized carbons (Fsp3) is 0.783. The number of allylic oxidation sites excluding steroid dienone is 1. The van der Waals surface area contributed by atoms with Crippen LogP contribution in [0.5, 0.6) is 0 Å². The highest BCUT2D eigenvalue weighted by atomic mass is 16.5. The molecule has 0 aromatic rings. The summed E-state index contributed by atoms with van der Waals surface area (Å²) >= 11 is 0. The highest BCUT2D eigenvalue weighted by Crippen LogP contribution is 2.66. The van der Waals surface area contributed by atoms with Gasteiger partial charge in [-0.05, 0) is 62.4 Å². The van der Waals surface area contributed by atoms with Gasteiger partial charge in [0.1, 0.15) is 18.0 Å². The van der Waals surface area contributed by atoms with Crippen molar-refractivity contribution in [2.45, 2.75) is 71.3 Å². The van der Waals surface area contributed by atoms with Crippen LogP contribution in [0.25, 0.3) is 0 Å². The number of fused-ring (bicyclic) bond motifs is 5. The van der Waals surface area contributed by atoms with Crippen molar-refractivity contribution in [3.05, 3.63) is 11.6 Å². The third kappa shape index (κ3) is 2.55. The molecule has 4 aliphatic rings. The largest absolute Gasteiger partial charge is 0.381 e. The van der Waals surface area contributed by atoms with Crippen molar-refractivity contribution in [3.63, 3.8) is 0 Å². The Hall–Kier alpha value is -1.33. The van der Waals surface area contributed by atoms with Gasteiger partial charge in [-0.3, -0.25) is 14.4 Å². The molecule has 28 heavy (non-hydrogen) atoms. The summed E-state index contributed by atoms with van der Waals surface area (Å²) in [6, 6.07) is 0. The standard InChI is InChI=1S/C23H32O5/c1-4-28-13-19(26)23(27)10-8-17-16-6-5-14-11-15(24)7-9-21(14,2)20(16)18(25)12-22(17,23)3/h11,16-17,20,27H,4-10,12-13H2,1-3H3. The van der Waals surface area contributed by atoms with E-state index in [1.165, 1.54) is 0 Å². The van der Waals surface area contributed by atoms with E-state index in [0.717, 1.165) is 31.3 Å². The van der Waals surface area contributed by atoms with Gasteiger partial charge in [-0.1, -0.05) is 19.4 Å². The summed E-state index contributed by atoms with van der Waals surface area (Å²) in [7, 11) is 0. The molecule has 0 bridgehead atoms. The molecule has 5 heteroatoms. The maximum atomic E-state index is 13.5. The lowest BCUT2D eigenvalue weighted by molar-refractivity contribution is -0.171. The van der Waals surface area contributed by atoms with Crippen LogP contribution in [0.2, 0.25) is 0 Å². The van der Waals surface area contributed by atoms with Gasteiger partial charge in [-0.15, -0.1) is 0 Å². The number of aliphatic hydroxyl groups is 1. The van der Waals surface area contributed by atoms with E-state index in [2.05, 4.69) is 6.92 Å². The first-order chi connectivity index (χ1) is 13.2. The number of ketones is 3. The van der Waals surface area contributed by atoms with Gasteiger partial charge in [0.05, 0.1) is 0 Å². The molecular formula is C23H32O5. The molecule has 154 valence electrons. The molecule has 3 fully saturated rings. The Morgan fingerprint density at radius 3 is 2.68 bits per heavy atom. The molecular weight excluding hydrogens is 356 g/mol. The summed E-state index contributed by atoms with van der Waals surface area (Å²) in [5.74, 6) is 0.295. The van der Waals surface area contributed by atoms with Crippen LogP contribution in [0, 0.1) is 28.6 Å². The van der Waals surface area contributed by atoms with Gasteiger partial charge >= 0.3 is 0 Å². The zero-order valence-corrected chi connectivity index (χ0v) is 17.3. The molecule has 6 unspecified atom stereocenters. The smallest absolute Gasteiger partial charge is 0.190 e. The van der Waals surface area contributed by atoms with E-state index in [1.807, 2.05) is 13.8 Å². The van der Waals surface area contributed by atoms with Crippen molar-refractivity contribution in [2.24, 2.45) is 28.6 Å². The summed E-state index contributed by atoms with van der Waals surface area (Å²) < 4.78 is 5.29. The molecule has 0 aromatic carbocycles. The maximum absolute atomic E-state index is 13.5. The van der Waals surface area contributed by atoms with Crippen LogP contribution in [0.1, 0.15) is 65.7 Å². The van der Waals surface area contributed by atoms with E-state index in [4.69, 9.17) is 4.74 Å². The number of ether oxygens (including phenoxy) is 1. The van der Waals surface area contributed by atoms with Crippen LogP contribution < -0.4 is 0 Å². The van der Waals surface area contributed by atoms with Crippen LogP contribution in [-0.2, 0) is 19.1 Å². The van der Waals surface area contributed by atoms with Crippen LogP contribution in [-0.4, -0.2) is 41.3 Å². The van der Waals surface area contributed by atoms with E-state index >= 15 is 0 Å². The molecule has 3 saturated carbocycles. The molecule has 0 aliphatic heterocycles. The van der Waals surface area contributed by atoms with Gasteiger partial charge in [-0.25, -0.2) is 0 Å². The molecule has 4 aliphatic carbocycles. The number of carbonyl (C=O) groups is 3. The first-order valence-corrected chi connectivity index (χ1v) is 10.8. The first-order valence-electron chi connectivity index (χ1n) is 10.8. The zero-order valence-electron chi connectivity index (χ0n) is 17.3. The van der Waals surface area contributed by atoms with Crippen molar-refractivity contribution < 1.29 is 24.2 Å². The Morgan fingerprint density at radius 1 is 1.21 bits per heavy atom. The normalized spacial score (nSPS) is 45.1. The minimum atomic E-state index is -1.48. The van der Waals surface area contributed by atoms with Gasteiger partial charge in [0, 0.05) is 30.8 Å². The predicted octanol–water partition coefficient (Wildman–Crippen LogP) is 3.03. The number of carbonyl (C=O) groups excluding carboxylic acids is 3. The quantitative estimate of drug-likeness (QED) is 0.801. The van der Waals surface area contributed by atoms with Crippen LogP contribution in [0.3, 0.4) is 0 Å². The minimum absolute atomic E-state index is 0.0929. The third-order valence-electron chi connectivity index (χ3n) is 8.71. The predicted molar refractivity (Wildman–Crippen MR) is 104 cm³/mol. The van der Waals surface area contributed by atoms with Gasteiger partial charge < -0.3 is 9.84 Å². The number of rotatable bonds is 4. The first kappa shape index (κ1) is 20.0. The van der Waals surface area contributed by atoms with E-state index in [0.29, 0.717) is 19.4 Å². The highest BCUT2D eigenvalue weighted by Gasteiger charge is 2.68. The third-order valence-corrected chi connectivity index (χ3v) is 8.71. The number of Topliss-reactive ketones (excluding diaryl/α,β-unsaturated/α-hetero) is 2. The van der Waals surface area contributed by atoms with Crippen molar-refractivity contribution in [1.82, 2.24) is 0 Å². The van der Waals surface area contributed by atoms with Gasteiger partial charge in [0.15, 0.2) is 11.6 Å². The Morgan fingerprint density at radius 2 is 1.96 bits per heavy atom. The van der Waals surface area contributed by atoms with Crippen molar-refractivity contribution in [3.8, 4) is 0 Å². The maximum Gasteiger partial charge on any atom is 0.190 e. The van der Waals surface area contributed by atoms with E-state index in [9.17, 15) is 19.5 Å². The lowest BCUT2D eigenvalue weighted by Gasteiger charge is -2.57. The molecule has 0 amide bonds. The Labute approximate surface area is 166 Å². The summed E-state index contributed by atoms with van der Waals surface area (Å²) in [4.78, 5) is 38.3. The zero-order chi connectivity index (χ0) is 20.3. The summed E-state index contributed by atoms with van der Waals surface area (Å²) in [5, 5.41) is 11.4. The summed E-state index contributed by atoms with van der Waals surface area (Å²) in [5.41, 5.74) is -1.30. The SMILES string of the molecule is CCOCC(=O)C1(O)CCC2C3CCC4=CC(=O)CCC4(C)C3C(=O)CC21C. The lowest BCUT2D eigenvalue weighted by atomic mass is 9.46. The lowest BCUT2D eigenvalue weighted by Crippen LogP contribution is -2.61. The molecule has 0 heterocycles. The molecule has 4 rings (SSSR count). The van der Waals surface area contributed by atoms with Crippen molar-refractivity contribution in [2.75, 3.05) is 13.2 Å². The van der Waals surface area contributed by atoms with Crippen LogP contribution in [0.4, 0.5) is 0 Å². The van der Waals surface area contributed by atoms with Gasteiger partial charge in [-0.2, -0.15) is 0 Å². The Kier molecular flexibility index (Phi) is 4.70. The second-order valence-corrected chi connectivity index (χ2v) is 9.86. The minimum Gasteiger partial charge on any atom is -0.381 e. The molecule has 6 atom stereocenters. The second kappa shape index (κ2) is 6.60. The van der Waals surface area contributed by atoms with Gasteiger partial charge in [0.25, 0.3) is 0 Å². The molecule has 0 spiro atoms. The summed E-state index contributed by atoms with van der Waals surface area (Å²) in [6.45, 7) is 6.26. The average molecular weight is 389 g/mol. The van der Waals surface area contributed by atoms with Crippen molar-refractivity contribution in [1.29, 1.82) is 0 Å². The van der Waals surface area contributed by atoms with E-state index < -0.39 is 11.0 Å². The topological polar surface area (TPSA) is 80.7 Å². The van der Waals surface area contributed by atoms with Gasteiger partial charge in [0.2, 0.25) is 0 Å². The van der Waals surface area contributed by atoms with E-state index in [1.54, 1.807) is 6.08 Å².